The van der Waals surface area contributed by atoms with Crippen molar-refractivity contribution in [2.24, 2.45) is 0 Å². The van der Waals surface area contributed by atoms with E-state index in [0.717, 1.165) is 12.6 Å². The van der Waals surface area contributed by atoms with Gasteiger partial charge >= 0.3 is 0 Å². The third-order valence-electron chi connectivity index (χ3n) is 3.22. The highest BCUT2D eigenvalue weighted by Gasteiger charge is 2.21. The van der Waals surface area contributed by atoms with Crippen LogP contribution in [0.5, 0.6) is 0 Å². The van der Waals surface area contributed by atoms with Gasteiger partial charge in [0, 0.05) is 28.9 Å². The van der Waals surface area contributed by atoms with Crippen LogP contribution in [0.3, 0.4) is 0 Å². The number of hydrogen-bond acceptors (Lipinski definition) is 3. The van der Waals surface area contributed by atoms with Crippen molar-refractivity contribution in [3.05, 3.63) is 21.9 Å². The molecule has 0 amide bonds. The van der Waals surface area contributed by atoms with Gasteiger partial charge in [0.1, 0.15) is 0 Å². The highest BCUT2D eigenvalue weighted by Crippen LogP contribution is 2.20. The van der Waals surface area contributed by atoms with E-state index >= 15 is 0 Å². The van der Waals surface area contributed by atoms with Crippen LogP contribution in [0.4, 0.5) is 0 Å². The van der Waals surface area contributed by atoms with E-state index in [2.05, 4.69) is 36.2 Å². The molecule has 2 heterocycles. The van der Waals surface area contributed by atoms with E-state index in [4.69, 9.17) is 0 Å². The topological polar surface area (TPSA) is 15.3 Å². The zero-order valence-corrected chi connectivity index (χ0v) is 12.4. The smallest absolute Gasteiger partial charge is 0.0331 e. The standard InChI is InChI=1S/C13H22N2S.ClH/c1-3-8-15(12-6-7-14-9-12)10-13-5-4-11(2)16-13;/h4-5,12,14H,3,6-10H2,1-2H3;1H. The highest BCUT2D eigenvalue weighted by atomic mass is 35.5. The zero-order valence-electron chi connectivity index (χ0n) is 10.7. The fraction of sp³-hybridized carbons (Fsp3) is 0.692. The molecule has 17 heavy (non-hydrogen) atoms. The first-order chi connectivity index (χ1) is 7.79. The predicted octanol–water partition coefficient (Wildman–Crippen LogP) is 3.05. The minimum atomic E-state index is 0. The third-order valence-corrected chi connectivity index (χ3v) is 4.20. The molecule has 0 radical (unpaired) electrons. The fourth-order valence-corrected chi connectivity index (χ4v) is 3.32. The molecule has 2 nitrogen and oxygen atoms in total. The molecule has 98 valence electrons. The largest absolute Gasteiger partial charge is 0.315 e. The van der Waals surface area contributed by atoms with Gasteiger partial charge in [-0.3, -0.25) is 4.90 Å². The van der Waals surface area contributed by atoms with E-state index in [0.29, 0.717) is 0 Å². The molecule has 1 aromatic heterocycles. The van der Waals surface area contributed by atoms with Gasteiger partial charge in [0.05, 0.1) is 0 Å². The maximum atomic E-state index is 3.46. The van der Waals surface area contributed by atoms with E-state index in [1.807, 2.05) is 11.3 Å². The first kappa shape index (κ1) is 15.0. The molecule has 0 aliphatic carbocycles. The van der Waals surface area contributed by atoms with Gasteiger partial charge in [-0.15, -0.1) is 23.7 Å². The molecular weight excluding hydrogens is 252 g/mol. The summed E-state index contributed by atoms with van der Waals surface area (Å²) in [6, 6.07) is 5.27. The van der Waals surface area contributed by atoms with Crippen molar-refractivity contribution >= 4 is 23.7 Å². The van der Waals surface area contributed by atoms with Gasteiger partial charge in [0.25, 0.3) is 0 Å². The van der Waals surface area contributed by atoms with Crippen molar-refractivity contribution in [1.82, 2.24) is 10.2 Å². The van der Waals surface area contributed by atoms with E-state index in [-0.39, 0.29) is 12.4 Å². The van der Waals surface area contributed by atoms with Crippen LogP contribution in [0.15, 0.2) is 12.1 Å². The Bertz CT molecular complexity index is 321. The van der Waals surface area contributed by atoms with Gasteiger partial charge < -0.3 is 5.32 Å². The molecule has 1 atom stereocenters. The quantitative estimate of drug-likeness (QED) is 0.888. The van der Waals surface area contributed by atoms with Gasteiger partial charge in [0.15, 0.2) is 0 Å². The lowest BCUT2D eigenvalue weighted by atomic mass is 10.2. The lowest BCUT2D eigenvalue weighted by Crippen LogP contribution is -2.36. The van der Waals surface area contributed by atoms with Crippen LogP contribution in [-0.2, 0) is 6.54 Å². The lowest BCUT2D eigenvalue weighted by Gasteiger charge is -2.27. The summed E-state index contributed by atoms with van der Waals surface area (Å²) >= 11 is 1.94. The molecule has 4 heteroatoms. The van der Waals surface area contributed by atoms with Crippen LogP contribution >= 0.6 is 23.7 Å². The Morgan fingerprint density at radius 2 is 2.29 bits per heavy atom. The van der Waals surface area contributed by atoms with Gasteiger partial charge in [-0.25, -0.2) is 0 Å². The van der Waals surface area contributed by atoms with E-state index in [1.165, 1.54) is 42.2 Å². The number of rotatable bonds is 5. The highest BCUT2D eigenvalue weighted by molar-refractivity contribution is 7.11. The Kier molecular flexibility index (Phi) is 6.49. The minimum Gasteiger partial charge on any atom is -0.315 e. The Morgan fingerprint density at radius 3 is 2.82 bits per heavy atom. The van der Waals surface area contributed by atoms with Gasteiger partial charge in [-0.1, -0.05) is 6.92 Å². The minimum absolute atomic E-state index is 0. The monoisotopic (exact) mass is 274 g/mol. The third kappa shape index (κ3) is 4.25. The van der Waals surface area contributed by atoms with Gasteiger partial charge in [0.2, 0.25) is 0 Å². The van der Waals surface area contributed by atoms with Crippen molar-refractivity contribution in [2.75, 3.05) is 19.6 Å². The van der Waals surface area contributed by atoms with Crippen LogP contribution < -0.4 is 5.32 Å². The first-order valence-electron chi connectivity index (χ1n) is 6.29. The molecule has 1 aliphatic rings. The molecule has 1 fully saturated rings. The maximum Gasteiger partial charge on any atom is 0.0331 e. The molecule has 0 spiro atoms. The van der Waals surface area contributed by atoms with Crippen LogP contribution in [0, 0.1) is 6.92 Å². The average Bonchev–Trinajstić information content (AvgIpc) is 2.88. The molecular formula is C13H23ClN2S. The summed E-state index contributed by atoms with van der Waals surface area (Å²) in [4.78, 5) is 5.58. The fourth-order valence-electron chi connectivity index (χ4n) is 2.40. The number of aryl methyl sites for hydroxylation is 1. The molecule has 0 bridgehead atoms. The average molecular weight is 275 g/mol. The summed E-state index contributed by atoms with van der Waals surface area (Å²) in [5.74, 6) is 0. The lowest BCUT2D eigenvalue weighted by molar-refractivity contribution is 0.201. The molecule has 1 aliphatic heterocycles. The molecule has 0 aromatic carbocycles. The van der Waals surface area contributed by atoms with E-state index in [9.17, 15) is 0 Å². The number of nitrogens with zero attached hydrogens (tertiary/aromatic N) is 1. The number of halogens is 1. The second-order valence-electron chi connectivity index (χ2n) is 4.63. The Morgan fingerprint density at radius 1 is 1.47 bits per heavy atom. The van der Waals surface area contributed by atoms with Crippen molar-refractivity contribution in [3.8, 4) is 0 Å². The van der Waals surface area contributed by atoms with Crippen molar-refractivity contribution < 1.29 is 0 Å². The summed E-state index contributed by atoms with van der Waals surface area (Å²) in [6.07, 6.45) is 2.56. The Balaban J connectivity index is 0.00000144. The number of nitrogens with one attached hydrogen (secondary N) is 1. The SMILES string of the molecule is CCCN(Cc1ccc(C)s1)C1CCNC1.Cl. The summed E-state index contributed by atoms with van der Waals surface area (Å²) in [6.45, 7) is 9.19. The molecule has 2 rings (SSSR count). The number of thiophene rings is 1. The van der Waals surface area contributed by atoms with Crippen LogP contribution in [0.2, 0.25) is 0 Å². The summed E-state index contributed by atoms with van der Waals surface area (Å²) < 4.78 is 0. The Labute approximate surface area is 115 Å². The maximum absolute atomic E-state index is 3.46. The van der Waals surface area contributed by atoms with Crippen LogP contribution in [0.1, 0.15) is 29.5 Å². The molecule has 1 aromatic rings. The summed E-state index contributed by atoms with van der Waals surface area (Å²) in [7, 11) is 0. The predicted molar refractivity (Wildman–Crippen MR) is 78.3 cm³/mol. The van der Waals surface area contributed by atoms with Crippen LogP contribution in [-0.4, -0.2) is 30.6 Å². The van der Waals surface area contributed by atoms with Crippen molar-refractivity contribution in [3.63, 3.8) is 0 Å². The molecule has 1 N–H and O–H groups in total. The summed E-state index contributed by atoms with van der Waals surface area (Å²) in [5.41, 5.74) is 0. The summed E-state index contributed by atoms with van der Waals surface area (Å²) in [5, 5.41) is 3.46. The van der Waals surface area contributed by atoms with Crippen LogP contribution in [0.25, 0.3) is 0 Å². The van der Waals surface area contributed by atoms with E-state index in [1.54, 1.807) is 0 Å². The second kappa shape index (κ2) is 7.37. The molecule has 1 unspecified atom stereocenters. The second-order valence-corrected chi connectivity index (χ2v) is 6.00. The van der Waals surface area contributed by atoms with E-state index < -0.39 is 0 Å². The van der Waals surface area contributed by atoms with Crippen molar-refractivity contribution in [2.45, 2.75) is 39.3 Å². The Hall–Kier alpha value is -0.0900. The van der Waals surface area contributed by atoms with Crippen molar-refractivity contribution in [1.29, 1.82) is 0 Å². The molecule has 1 saturated heterocycles. The van der Waals surface area contributed by atoms with Gasteiger partial charge in [-0.05, 0) is 45.0 Å². The normalized spacial score (nSPS) is 19.6. The zero-order chi connectivity index (χ0) is 11.4. The first-order valence-corrected chi connectivity index (χ1v) is 7.11. The van der Waals surface area contributed by atoms with Gasteiger partial charge in [-0.2, -0.15) is 0 Å². The number of hydrogen-bond donors (Lipinski definition) is 1. The molecule has 0 saturated carbocycles.